The van der Waals surface area contributed by atoms with Crippen LogP contribution in [0.4, 0.5) is 0 Å². The van der Waals surface area contributed by atoms with Gasteiger partial charge < -0.3 is 20.7 Å². The molecule has 2 rings (SSSR count). The van der Waals surface area contributed by atoms with Gasteiger partial charge in [0.25, 0.3) is 0 Å². The molecule has 0 aromatic heterocycles. The predicted octanol–water partition coefficient (Wildman–Crippen LogP) is -0.769. The zero-order chi connectivity index (χ0) is 13.0. The monoisotopic (exact) mass is 255 g/mol. The second-order valence-electron chi connectivity index (χ2n) is 4.85. The van der Waals surface area contributed by atoms with E-state index in [0.717, 1.165) is 12.8 Å². The van der Waals surface area contributed by atoms with Gasteiger partial charge in [0.2, 0.25) is 11.8 Å². The van der Waals surface area contributed by atoms with Crippen molar-refractivity contribution in [3.63, 3.8) is 0 Å². The Morgan fingerprint density at radius 2 is 2.17 bits per heavy atom. The number of hydrogen-bond acceptors (Lipinski definition) is 4. The minimum atomic E-state index is -0.468. The van der Waals surface area contributed by atoms with Crippen molar-refractivity contribution in [3.05, 3.63) is 0 Å². The van der Waals surface area contributed by atoms with Crippen LogP contribution in [0, 0.1) is 0 Å². The molecule has 0 aromatic carbocycles. The molecule has 2 aliphatic rings. The van der Waals surface area contributed by atoms with Gasteiger partial charge in [-0.3, -0.25) is 9.59 Å². The molecule has 0 bridgehead atoms. The molecule has 0 radical (unpaired) electrons. The maximum Gasteiger partial charge on any atom is 0.245 e. The molecule has 3 N–H and O–H groups in total. The number of nitrogens with zero attached hydrogens (tertiary/aromatic N) is 1. The van der Waals surface area contributed by atoms with Crippen LogP contribution in [0.25, 0.3) is 0 Å². The third kappa shape index (κ3) is 3.43. The van der Waals surface area contributed by atoms with Gasteiger partial charge in [0.15, 0.2) is 0 Å². The molecule has 102 valence electrons. The fraction of sp³-hybridized carbons (Fsp3) is 0.833. The summed E-state index contributed by atoms with van der Waals surface area (Å²) in [6.45, 7) is 1.79. The highest BCUT2D eigenvalue weighted by atomic mass is 16.5. The number of nitrogens with two attached hydrogens (primary N) is 1. The summed E-state index contributed by atoms with van der Waals surface area (Å²) in [7, 11) is 0. The molecule has 1 aliphatic heterocycles. The number of carbonyl (C=O) groups is 2. The minimum Gasteiger partial charge on any atom is -0.377 e. The lowest BCUT2D eigenvalue weighted by atomic mass is 10.1. The van der Waals surface area contributed by atoms with Gasteiger partial charge in [0.05, 0.1) is 13.2 Å². The van der Waals surface area contributed by atoms with Crippen LogP contribution in [0.15, 0.2) is 0 Å². The van der Waals surface area contributed by atoms with Gasteiger partial charge in [-0.2, -0.15) is 0 Å². The highest BCUT2D eigenvalue weighted by Crippen LogP contribution is 2.20. The summed E-state index contributed by atoms with van der Waals surface area (Å²) in [6, 6.07) is -0.162. The van der Waals surface area contributed by atoms with Crippen molar-refractivity contribution in [1.29, 1.82) is 0 Å². The molecule has 0 spiro atoms. The maximum atomic E-state index is 12.0. The summed E-state index contributed by atoms with van der Waals surface area (Å²) in [5.41, 5.74) is 5.40. The number of rotatable bonds is 5. The van der Waals surface area contributed by atoms with E-state index < -0.39 is 6.04 Å². The van der Waals surface area contributed by atoms with Gasteiger partial charge in [0, 0.05) is 19.0 Å². The summed E-state index contributed by atoms with van der Waals surface area (Å²) < 4.78 is 5.31. The molecule has 18 heavy (non-hydrogen) atoms. The molecule has 1 atom stereocenters. The Morgan fingerprint density at radius 1 is 1.39 bits per heavy atom. The molecule has 0 aromatic rings. The van der Waals surface area contributed by atoms with E-state index >= 15 is 0 Å². The highest BCUT2D eigenvalue weighted by molar-refractivity contribution is 5.88. The Kier molecular flexibility index (Phi) is 4.54. The number of ether oxygens (including phenoxy) is 1. The zero-order valence-electron chi connectivity index (χ0n) is 10.6. The Balaban J connectivity index is 1.91. The largest absolute Gasteiger partial charge is 0.377 e. The minimum absolute atomic E-state index is 0.000281. The lowest BCUT2D eigenvalue weighted by Crippen LogP contribution is -2.56. The molecule has 1 saturated carbocycles. The van der Waals surface area contributed by atoms with Crippen LogP contribution in [0.5, 0.6) is 0 Å². The SMILES string of the molecule is NCCCC(=O)N1CCOCC1C(=O)NC1CC1. The van der Waals surface area contributed by atoms with Crippen LogP contribution in [-0.4, -0.2) is 55.1 Å². The first kappa shape index (κ1) is 13.3. The van der Waals surface area contributed by atoms with Gasteiger partial charge in [0.1, 0.15) is 6.04 Å². The molecule has 1 saturated heterocycles. The molecule has 1 unspecified atom stereocenters. The summed E-state index contributed by atoms with van der Waals surface area (Å²) >= 11 is 0. The molecule has 1 heterocycles. The van der Waals surface area contributed by atoms with Crippen LogP contribution in [0.2, 0.25) is 0 Å². The molecular weight excluding hydrogens is 234 g/mol. The Morgan fingerprint density at radius 3 is 2.83 bits per heavy atom. The number of morpholine rings is 1. The first-order valence-corrected chi connectivity index (χ1v) is 6.60. The van der Waals surface area contributed by atoms with Crippen molar-refractivity contribution in [1.82, 2.24) is 10.2 Å². The van der Waals surface area contributed by atoms with Gasteiger partial charge in [-0.1, -0.05) is 0 Å². The topological polar surface area (TPSA) is 84.7 Å². The standard InChI is InChI=1S/C12H21N3O3/c13-5-1-2-11(16)15-6-7-18-8-10(15)12(17)14-9-3-4-9/h9-10H,1-8,13H2,(H,14,17). The van der Waals surface area contributed by atoms with Crippen molar-refractivity contribution >= 4 is 11.8 Å². The van der Waals surface area contributed by atoms with Crippen molar-refractivity contribution in [3.8, 4) is 0 Å². The fourth-order valence-corrected chi connectivity index (χ4v) is 2.04. The number of amides is 2. The highest BCUT2D eigenvalue weighted by Gasteiger charge is 2.35. The second kappa shape index (κ2) is 6.15. The Hall–Kier alpha value is -1.14. The average molecular weight is 255 g/mol. The quantitative estimate of drug-likeness (QED) is 0.675. The molecular formula is C12H21N3O3. The van der Waals surface area contributed by atoms with Crippen LogP contribution in [0.3, 0.4) is 0 Å². The van der Waals surface area contributed by atoms with E-state index in [-0.39, 0.29) is 11.8 Å². The van der Waals surface area contributed by atoms with E-state index in [4.69, 9.17) is 10.5 Å². The van der Waals surface area contributed by atoms with Crippen molar-refractivity contribution in [2.24, 2.45) is 5.73 Å². The molecule has 2 fully saturated rings. The molecule has 2 amide bonds. The lowest BCUT2D eigenvalue weighted by Gasteiger charge is -2.34. The maximum absolute atomic E-state index is 12.0. The van der Waals surface area contributed by atoms with Crippen molar-refractivity contribution in [2.45, 2.75) is 37.8 Å². The third-order valence-electron chi connectivity index (χ3n) is 3.27. The lowest BCUT2D eigenvalue weighted by molar-refractivity contribution is -0.148. The molecule has 6 nitrogen and oxygen atoms in total. The predicted molar refractivity (Wildman–Crippen MR) is 65.8 cm³/mol. The van der Waals surface area contributed by atoms with E-state index in [2.05, 4.69) is 5.32 Å². The average Bonchev–Trinajstić information content (AvgIpc) is 3.19. The van der Waals surface area contributed by atoms with Crippen LogP contribution in [0.1, 0.15) is 25.7 Å². The first-order valence-electron chi connectivity index (χ1n) is 6.60. The van der Waals surface area contributed by atoms with E-state index in [1.54, 1.807) is 4.90 Å². The van der Waals surface area contributed by atoms with Gasteiger partial charge in [-0.15, -0.1) is 0 Å². The van der Waals surface area contributed by atoms with Gasteiger partial charge >= 0.3 is 0 Å². The van der Waals surface area contributed by atoms with Crippen LogP contribution < -0.4 is 11.1 Å². The first-order chi connectivity index (χ1) is 8.72. The summed E-state index contributed by atoms with van der Waals surface area (Å²) in [6.07, 6.45) is 3.15. The fourth-order valence-electron chi connectivity index (χ4n) is 2.04. The molecule has 1 aliphatic carbocycles. The summed E-state index contributed by atoms with van der Waals surface area (Å²) in [5.74, 6) is -0.0852. The Labute approximate surface area is 107 Å². The van der Waals surface area contributed by atoms with Gasteiger partial charge in [-0.25, -0.2) is 0 Å². The van der Waals surface area contributed by atoms with E-state index in [1.807, 2.05) is 0 Å². The number of nitrogens with one attached hydrogen (secondary N) is 1. The molecule has 6 heteroatoms. The van der Waals surface area contributed by atoms with Gasteiger partial charge in [-0.05, 0) is 25.8 Å². The second-order valence-corrected chi connectivity index (χ2v) is 4.85. The van der Waals surface area contributed by atoms with E-state index in [1.165, 1.54) is 0 Å². The van der Waals surface area contributed by atoms with E-state index in [9.17, 15) is 9.59 Å². The normalized spacial score (nSPS) is 23.8. The zero-order valence-corrected chi connectivity index (χ0v) is 10.6. The third-order valence-corrected chi connectivity index (χ3v) is 3.27. The summed E-state index contributed by atoms with van der Waals surface area (Å²) in [5, 5.41) is 2.93. The van der Waals surface area contributed by atoms with Crippen molar-refractivity contribution < 1.29 is 14.3 Å². The van der Waals surface area contributed by atoms with E-state index in [0.29, 0.717) is 45.2 Å². The van der Waals surface area contributed by atoms with Crippen LogP contribution in [-0.2, 0) is 14.3 Å². The Bertz CT molecular complexity index is 318. The van der Waals surface area contributed by atoms with Crippen molar-refractivity contribution in [2.75, 3.05) is 26.3 Å². The smallest absolute Gasteiger partial charge is 0.245 e. The number of carbonyl (C=O) groups excluding carboxylic acids is 2. The van der Waals surface area contributed by atoms with Crippen LogP contribution >= 0.6 is 0 Å². The number of hydrogen-bond donors (Lipinski definition) is 2. The summed E-state index contributed by atoms with van der Waals surface area (Å²) in [4.78, 5) is 25.7.